The molecule has 1 aliphatic carbocycles. The third-order valence-corrected chi connectivity index (χ3v) is 6.93. The van der Waals surface area contributed by atoms with Gasteiger partial charge in [0.15, 0.2) is 0 Å². The molecule has 1 saturated heterocycles. The van der Waals surface area contributed by atoms with Crippen LogP contribution < -0.4 is 10.6 Å². The van der Waals surface area contributed by atoms with Gasteiger partial charge in [0.1, 0.15) is 11.6 Å². The molecule has 0 bridgehead atoms. The predicted octanol–water partition coefficient (Wildman–Crippen LogP) is 4.79. The van der Waals surface area contributed by atoms with Crippen molar-refractivity contribution in [2.24, 2.45) is 5.92 Å². The van der Waals surface area contributed by atoms with E-state index in [9.17, 15) is 13.6 Å². The highest BCUT2D eigenvalue weighted by atomic mass is 19.3. The molecule has 1 saturated carbocycles. The summed E-state index contributed by atoms with van der Waals surface area (Å²) in [5, 5.41) is 8.78. The molecule has 0 radical (unpaired) electrons. The molecule has 1 aromatic carbocycles. The van der Waals surface area contributed by atoms with Crippen LogP contribution in [-0.2, 0) is 11.2 Å². The topological polar surface area (TPSA) is 79.8 Å². The van der Waals surface area contributed by atoms with Crippen molar-refractivity contribution in [3.8, 4) is 11.3 Å². The van der Waals surface area contributed by atoms with Crippen LogP contribution in [0.25, 0.3) is 22.0 Å². The molecule has 1 aliphatic heterocycles. The van der Waals surface area contributed by atoms with Crippen LogP contribution in [0.3, 0.4) is 0 Å². The Bertz CT molecular complexity index is 1170. The first kappa shape index (κ1) is 22.8. The van der Waals surface area contributed by atoms with E-state index in [-0.39, 0.29) is 43.8 Å². The second-order valence-electron chi connectivity index (χ2n) is 9.47. The highest BCUT2D eigenvalue weighted by Crippen LogP contribution is 2.37. The summed E-state index contributed by atoms with van der Waals surface area (Å²) in [7, 11) is 0. The van der Waals surface area contributed by atoms with Crippen molar-refractivity contribution in [1.82, 2.24) is 20.3 Å². The lowest BCUT2D eigenvalue weighted by atomic mass is 9.83. The van der Waals surface area contributed by atoms with Gasteiger partial charge in [-0.1, -0.05) is 12.1 Å². The van der Waals surface area contributed by atoms with E-state index in [4.69, 9.17) is 4.98 Å². The Morgan fingerprint density at radius 1 is 1.03 bits per heavy atom. The molecular weight excluding hydrogens is 436 g/mol. The van der Waals surface area contributed by atoms with Crippen molar-refractivity contribution in [1.29, 1.82) is 0 Å². The lowest BCUT2D eigenvalue weighted by molar-refractivity contribution is -0.126. The van der Waals surface area contributed by atoms with E-state index in [0.29, 0.717) is 11.7 Å². The molecular formula is C26H29F2N5O. The molecule has 5 rings (SSSR count). The Hall–Kier alpha value is -3.00. The number of rotatable bonds is 6. The SMILES string of the molecule is O=C(Cc1cc2cc(-c3cncc(NC4CCNCC4)n3)ccc2cn1)C1CCC(F)(F)CC1. The minimum atomic E-state index is -2.63. The number of carbonyl (C=O) groups is 1. The van der Waals surface area contributed by atoms with Crippen LogP contribution in [0.4, 0.5) is 14.6 Å². The normalized spacial score (nSPS) is 19.2. The molecule has 2 aliphatic rings. The summed E-state index contributed by atoms with van der Waals surface area (Å²) in [5.41, 5.74) is 2.38. The molecule has 178 valence electrons. The molecule has 6 nitrogen and oxygen atoms in total. The minimum absolute atomic E-state index is 0.000981. The molecule has 0 unspecified atom stereocenters. The fourth-order valence-electron chi connectivity index (χ4n) is 4.88. The molecule has 3 aromatic rings. The lowest BCUT2D eigenvalue weighted by Crippen LogP contribution is -2.35. The highest BCUT2D eigenvalue weighted by Gasteiger charge is 2.37. The number of benzene rings is 1. The Morgan fingerprint density at radius 3 is 2.62 bits per heavy atom. The van der Waals surface area contributed by atoms with Crippen LogP contribution >= 0.6 is 0 Å². The molecule has 34 heavy (non-hydrogen) atoms. The van der Waals surface area contributed by atoms with Gasteiger partial charge in [0.05, 0.1) is 18.1 Å². The highest BCUT2D eigenvalue weighted by molar-refractivity contribution is 5.88. The van der Waals surface area contributed by atoms with E-state index >= 15 is 0 Å². The number of alkyl halides is 2. The molecule has 8 heteroatoms. The number of nitrogens with one attached hydrogen (secondary N) is 2. The van der Waals surface area contributed by atoms with Gasteiger partial charge in [-0.15, -0.1) is 0 Å². The fraction of sp³-hybridized carbons (Fsp3) is 0.462. The first-order chi connectivity index (χ1) is 16.4. The van der Waals surface area contributed by atoms with Gasteiger partial charge in [-0.05, 0) is 56.3 Å². The molecule has 2 aromatic heterocycles. The zero-order chi connectivity index (χ0) is 23.5. The quantitative estimate of drug-likeness (QED) is 0.545. The van der Waals surface area contributed by atoms with E-state index in [2.05, 4.69) is 20.6 Å². The van der Waals surface area contributed by atoms with Gasteiger partial charge in [0, 0.05) is 54.1 Å². The summed E-state index contributed by atoms with van der Waals surface area (Å²) < 4.78 is 26.8. The second kappa shape index (κ2) is 9.70. The predicted molar refractivity (Wildman–Crippen MR) is 128 cm³/mol. The van der Waals surface area contributed by atoms with Gasteiger partial charge in [-0.2, -0.15) is 0 Å². The maximum absolute atomic E-state index is 13.4. The maximum Gasteiger partial charge on any atom is 0.248 e. The van der Waals surface area contributed by atoms with Crippen LogP contribution in [0.1, 0.15) is 44.2 Å². The zero-order valence-electron chi connectivity index (χ0n) is 19.1. The molecule has 2 fully saturated rings. The van der Waals surface area contributed by atoms with Crippen LogP contribution in [0, 0.1) is 5.92 Å². The Labute approximate surface area is 197 Å². The smallest absolute Gasteiger partial charge is 0.248 e. The number of carbonyl (C=O) groups excluding carboxylic acids is 1. The summed E-state index contributed by atoms with van der Waals surface area (Å²) in [6.45, 7) is 2.00. The second-order valence-corrected chi connectivity index (χ2v) is 9.47. The van der Waals surface area contributed by atoms with E-state index < -0.39 is 5.92 Å². The zero-order valence-corrected chi connectivity index (χ0v) is 19.1. The van der Waals surface area contributed by atoms with Crippen molar-refractivity contribution in [2.45, 2.75) is 56.9 Å². The van der Waals surface area contributed by atoms with Crippen LogP contribution in [0.15, 0.2) is 42.9 Å². The summed E-state index contributed by atoms with van der Waals surface area (Å²) in [6, 6.07) is 8.32. The first-order valence-corrected chi connectivity index (χ1v) is 12.0. The van der Waals surface area contributed by atoms with Gasteiger partial charge in [0.25, 0.3) is 0 Å². The number of nitrogens with zero attached hydrogens (tertiary/aromatic N) is 3. The summed E-state index contributed by atoms with van der Waals surface area (Å²) in [5.74, 6) is -2.16. The third kappa shape index (κ3) is 5.38. The van der Waals surface area contributed by atoms with Crippen molar-refractivity contribution in [3.05, 3.63) is 48.5 Å². The van der Waals surface area contributed by atoms with Gasteiger partial charge >= 0.3 is 0 Å². The number of pyridine rings is 1. The van der Waals surface area contributed by atoms with Crippen LogP contribution in [-0.4, -0.2) is 45.8 Å². The van der Waals surface area contributed by atoms with Crippen molar-refractivity contribution in [2.75, 3.05) is 18.4 Å². The number of hydrogen-bond donors (Lipinski definition) is 2. The third-order valence-electron chi connectivity index (χ3n) is 6.93. The van der Waals surface area contributed by atoms with Crippen molar-refractivity contribution >= 4 is 22.4 Å². The van der Waals surface area contributed by atoms with Gasteiger partial charge in [-0.3, -0.25) is 14.8 Å². The van der Waals surface area contributed by atoms with Crippen LogP contribution in [0.5, 0.6) is 0 Å². The number of aromatic nitrogens is 3. The number of Topliss-reactive ketones (excluding diaryl/α,β-unsaturated/α-hetero) is 1. The summed E-state index contributed by atoms with van der Waals surface area (Å²) >= 11 is 0. The standard InChI is InChI=1S/C26H29F2N5O/c27-26(28)7-3-17(4-8-26)24(34)13-22-12-20-11-18(1-2-19(20)14-31-22)23-15-30-16-25(33-23)32-21-5-9-29-10-6-21/h1-2,11-12,14-17,21,29H,3-10,13H2,(H,32,33). The van der Waals surface area contributed by atoms with Gasteiger partial charge < -0.3 is 10.6 Å². The molecule has 2 N–H and O–H groups in total. The van der Waals surface area contributed by atoms with Crippen molar-refractivity contribution < 1.29 is 13.6 Å². The average molecular weight is 466 g/mol. The van der Waals surface area contributed by atoms with Gasteiger partial charge in [-0.25, -0.2) is 13.8 Å². The van der Waals surface area contributed by atoms with E-state index in [1.807, 2.05) is 24.3 Å². The summed E-state index contributed by atoms with van der Waals surface area (Å²) in [4.78, 5) is 26.3. The van der Waals surface area contributed by atoms with E-state index in [1.165, 1.54) is 0 Å². The lowest BCUT2D eigenvalue weighted by Gasteiger charge is -2.27. The molecule has 0 amide bonds. The number of anilines is 1. The summed E-state index contributed by atoms with van der Waals surface area (Å²) in [6.07, 6.45) is 7.65. The van der Waals surface area contributed by atoms with E-state index in [0.717, 1.165) is 53.8 Å². The molecule has 0 atom stereocenters. The maximum atomic E-state index is 13.4. The minimum Gasteiger partial charge on any atom is -0.366 e. The van der Waals surface area contributed by atoms with Crippen LogP contribution in [0.2, 0.25) is 0 Å². The molecule has 0 spiro atoms. The Morgan fingerprint density at radius 2 is 1.82 bits per heavy atom. The first-order valence-electron chi connectivity index (χ1n) is 12.0. The Kier molecular flexibility index (Phi) is 6.50. The number of ketones is 1. The number of halogens is 2. The number of hydrogen-bond acceptors (Lipinski definition) is 6. The fourth-order valence-corrected chi connectivity index (χ4v) is 4.88. The molecule has 3 heterocycles. The number of piperidine rings is 1. The number of fused-ring (bicyclic) bond motifs is 1. The average Bonchev–Trinajstić information content (AvgIpc) is 2.84. The monoisotopic (exact) mass is 465 g/mol. The van der Waals surface area contributed by atoms with Gasteiger partial charge in [0.2, 0.25) is 5.92 Å². The largest absolute Gasteiger partial charge is 0.366 e. The van der Waals surface area contributed by atoms with E-state index in [1.54, 1.807) is 18.6 Å². The van der Waals surface area contributed by atoms with Crippen molar-refractivity contribution in [3.63, 3.8) is 0 Å². The Balaban J connectivity index is 1.31.